The van der Waals surface area contributed by atoms with Crippen LogP contribution in [0.3, 0.4) is 0 Å². The van der Waals surface area contributed by atoms with E-state index in [1.807, 2.05) is 13.8 Å². The third kappa shape index (κ3) is 3.10. The Hall–Kier alpha value is -2.27. The summed E-state index contributed by atoms with van der Waals surface area (Å²) < 4.78 is 19.9. The Kier molecular flexibility index (Phi) is 4.13. The Bertz CT molecular complexity index is 703. The lowest BCUT2D eigenvalue weighted by atomic mass is 9.96. The topological polar surface area (TPSA) is 42.4 Å². The lowest BCUT2D eigenvalue weighted by molar-refractivity contribution is -0.0857. The van der Waals surface area contributed by atoms with Crippen LogP contribution in [0, 0.1) is 5.82 Å². The van der Waals surface area contributed by atoms with Crippen LogP contribution in [-0.4, -0.2) is 34.5 Å². The number of carbonyl (C=O) groups is 1. The van der Waals surface area contributed by atoms with E-state index in [0.717, 1.165) is 0 Å². The first-order valence-electron chi connectivity index (χ1n) is 7.57. The molecule has 1 unspecified atom stereocenters. The summed E-state index contributed by atoms with van der Waals surface area (Å²) in [6.07, 6.45) is 2.72. The summed E-state index contributed by atoms with van der Waals surface area (Å²) in [5.74, 6) is -0.407. The molecule has 0 N–H and O–H groups in total. The van der Waals surface area contributed by atoms with E-state index < -0.39 is 11.6 Å². The molecule has 1 aliphatic rings. The summed E-state index contributed by atoms with van der Waals surface area (Å²) in [5, 5.41) is 0. The molecule has 1 aromatic heterocycles. The van der Waals surface area contributed by atoms with Gasteiger partial charge in [-0.05, 0) is 32.0 Å². The van der Waals surface area contributed by atoms with Gasteiger partial charge >= 0.3 is 0 Å². The highest BCUT2D eigenvalue weighted by Crippen LogP contribution is 2.32. The van der Waals surface area contributed by atoms with E-state index in [0.29, 0.717) is 24.3 Å². The van der Waals surface area contributed by atoms with Gasteiger partial charge in [-0.2, -0.15) is 0 Å². The SMILES string of the molecule is CC1(C)COC(c2ccccc2F)CN1C(=O)c1ccncc1. The van der Waals surface area contributed by atoms with Gasteiger partial charge in [-0.25, -0.2) is 4.39 Å². The van der Waals surface area contributed by atoms with Crippen LogP contribution in [0.2, 0.25) is 0 Å². The number of rotatable bonds is 2. The number of pyridine rings is 1. The molecule has 1 aliphatic heterocycles. The Morgan fingerprint density at radius 3 is 2.65 bits per heavy atom. The van der Waals surface area contributed by atoms with Gasteiger partial charge in [0.05, 0.1) is 18.7 Å². The first kappa shape index (κ1) is 15.6. The number of benzene rings is 1. The number of carbonyl (C=O) groups excluding carboxylic acids is 1. The minimum Gasteiger partial charge on any atom is -0.369 e. The van der Waals surface area contributed by atoms with Crippen LogP contribution >= 0.6 is 0 Å². The minimum atomic E-state index is -0.463. The number of nitrogens with zero attached hydrogens (tertiary/aromatic N) is 2. The molecular formula is C18H19FN2O2. The molecule has 0 spiro atoms. The molecule has 3 rings (SSSR count). The third-order valence-electron chi connectivity index (χ3n) is 4.14. The van der Waals surface area contributed by atoms with Crippen molar-refractivity contribution in [2.75, 3.05) is 13.2 Å². The molecule has 1 aromatic carbocycles. The fourth-order valence-electron chi connectivity index (χ4n) is 2.78. The summed E-state index contributed by atoms with van der Waals surface area (Å²) in [5.41, 5.74) is 0.597. The molecule has 0 radical (unpaired) electrons. The summed E-state index contributed by atoms with van der Waals surface area (Å²) >= 11 is 0. The van der Waals surface area contributed by atoms with Crippen molar-refractivity contribution in [3.8, 4) is 0 Å². The quantitative estimate of drug-likeness (QED) is 0.855. The Morgan fingerprint density at radius 1 is 1.26 bits per heavy atom. The van der Waals surface area contributed by atoms with Gasteiger partial charge in [0.2, 0.25) is 0 Å². The zero-order chi connectivity index (χ0) is 16.4. The molecule has 0 saturated carbocycles. The van der Waals surface area contributed by atoms with Crippen molar-refractivity contribution in [3.63, 3.8) is 0 Å². The van der Waals surface area contributed by atoms with Crippen LogP contribution in [0.15, 0.2) is 48.8 Å². The number of morpholine rings is 1. The smallest absolute Gasteiger partial charge is 0.254 e. The third-order valence-corrected chi connectivity index (χ3v) is 4.14. The number of ether oxygens (including phenoxy) is 1. The van der Waals surface area contributed by atoms with Crippen LogP contribution in [0.1, 0.15) is 35.9 Å². The van der Waals surface area contributed by atoms with Crippen molar-refractivity contribution < 1.29 is 13.9 Å². The maximum atomic E-state index is 14.0. The maximum absolute atomic E-state index is 14.0. The number of aromatic nitrogens is 1. The van der Waals surface area contributed by atoms with Gasteiger partial charge in [-0.1, -0.05) is 18.2 Å². The van der Waals surface area contributed by atoms with E-state index in [2.05, 4.69) is 4.98 Å². The van der Waals surface area contributed by atoms with Crippen molar-refractivity contribution in [3.05, 3.63) is 65.7 Å². The minimum absolute atomic E-state index is 0.0953. The Balaban J connectivity index is 1.88. The fourth-order valence-corrected chi connectivity index (χ4v) is 2.78. The molecule has 1 amide bonds. The summed E-state index contributed by atoms with van der Waals surface area (Å²) in [6.45, 7) is 4.56. The first-order valence-corrected chi connectivity index (χ1v) is 7.57. The van der Waals surface area contributed by atoms with Crippen LogP contribution < -0.4 is 0 Å². The zero-order valence-corrected chi connectivity index (χ0v) is 13.2. The largest absolute Gasteiger partial charge is 0.369 e. The van der Waals surface area contributed by atoms with E-state index in [1.165, 1.54) is 6.07 Å². The van der Waals surface area contributed by atoms with Crippen molar-refractivity contribution in [2.45, 2.75) is 25.5 Å². The van der Waals surface area contributed by atoms with E-state index in [4.69, 9.17) is 4.74 Å². The first-order chi connectivity index (χ1) is 11.0. The normalized spacial score (nSPS) is 20.3. The van der Waals surface area contributed by atoms with Gasteiger partial charge in [-0.3, -0.25) is 9.78 Å². The van der Waals surface area contributed by atoms with E-state index in [-0.39, 0.29) is 11.7 Å². The van der Waals surface area contributed by atoms with Gasteiger partial charge in [-0.15, -0.1) is 0 Å². The molecular weight excluding hydrogens is 295 g/mol. The molecule has 1 atom stereocenters. The summed E-state index contributed by atoms with van der Waals surface area (Å²) in [7, 11) is 0. The number of hydrogen-bond acceptors (Lipinski definition) is 3. The van der Waals surface area contributed by atoms with Gasteiger partial charge in [0, 0.05) is 23.5 Å². The predicted octanol–water partition coefficient (Wildman–Crippen LogP) is 3.21. The molecule has 120 valence electrons. The molecule has 2 aromatic rings. The van der Waals surface area contributed by atoms with Crippen LogP contribution in [-0.2, 0) is 4.74 Å². The second kappa shape index (κ2) is 6.08. The van der Waals surface area contributed by atoms with Crippen molar-refractivity contribution in [1.29, 1.82) is 0 Å². The van der Waals surface area contributed by atoms with E-state index in [1.54, 1.807) is 47.6 Å². The standard InChI is InChI=1S/C18H19FN2O2/c1-18(2)12-23-16(14-5-3-4-6-15(14)19)11-21(18)17(22)13-7-9-20-10-8-13/h3-10,16H,11-12H2,1-2H3. The maximum Gasteiger partial charge on any atom is 0.254 e. The Morgan fingerprint density at radius 2 is 1.96 bits per heavy atom. The highest BCUT2D eigenvalue weighted by atomic mass is 19.1. The van der Waals surface area contributed by atoms with Gasteiger partial charge in [0.1, 0.15) is 11.9 Å². The average Bonchev–Trinajstić information content (AvgIpc) is 2.56. The lowest BCUT2D eigenvalue weighted by Crippen LogP contribution is -2.56. The molecule has 4 nitrogen and oxygen atoms in total. The molecule has 2 heterocycles. The lowest BCUT2D eigenvalue weighted by Gasteiger charge is -2.45. The second-order valence-corrected chi connectivity index (χ2v) is 6.29. The summed E-state index contributed by atoms with van der Waals surface area (Å²) in [6, 6.07) is 9.90. The van der Waals surface area contributed by atoms with E-state index >= 15 is 0 Å². The summed E-state index contributed by atoms with van der Waals surface area (Å²) in [4.78, 5) is 18.5. The predicted molar refractivity (Wildman–Crippen MR) is 84.4 cm³/mol. The van der Waals surface area contributed by atoms with Crippen molar-refractivity contribution in [1.82, 2.24) is 9.88 Å². The molecule has 5 heteroatoms. The second-order valence-electron chi connectivity index (χ2n) is 6.29. The van der Waals surface area contributed by atoms with Crippen LogP contribution in [0.4, 0.5) is 4.39 Å². The monoisotopic (exact) mass is 314 g/mol. The van der Waals surface area contributed by atoms with Crippen molar-refractivity contribution in [2.24, 2.45) is 0 Å². The van der Waals surface area contributed by atoms with E-state index in [9.17, 15) is 9.18 Å². The highest BCUT2D eigenvalue weighted by molar-refractivity contribution is 5.94. The highest BCUT2D eigenvalue weighted by Gasteiger charge is 2.39. The van der Waals surface area contributed by atoms with Crippen LogP contribution in [0.25, 0.3) is 0 Å². The van der Waals surface area contributed by atoms with Gasteiger partial charge in [0.15, 0.2) is 0 Å². The molecule has 1 fully saturated rings. The molecule has 0 aliphatic carbocycles. The zero-order valence-electron chi connectivity index (χ0n) is 13.2. The number of hydrogen-bond donors (Lipinski definition) is 0. The van der Waals surface area contributed by atoms with Gasteiger partial charge in [0.25, 0.3) is 5.91 Å². The molecule has 1 saturated heterocycles. The number of amides is 1. The average molecular weight is 314 g/mol. The molecule has 23 heavy (non-hydrogen) atoms. The van der Waals surface area contributed by atoms with Gasteiger partial charge < -0.3 is 9.64 Å². The molecule has 0 bridgehead atoms. The van der Waals surface area contributed by atoms with Crippen LogP contribution in [0.5, 0.6) is 0 Å². The number of halogens is 1. The Labute approximate surface area is 134 Å². The van der Waals surface area contributed by atoms with Crippen molar-refractivity contribution >= 4 is 5.91 Å². The fraction of sp³-hybridized carbons (Fsp3) is 0.333.